The van der Waals surface area contributed by atoms with Gasteiger partial charge in [-0.3, -0.25) is 0 Å². The van der Waals surface area contributed by atoms with E-state index in [-0.39, 0.29) is 0 Å². The van der Waals surface area contributed by atoms with Crippen LogP contribution in [0.1, 0.15) is 43.6 Å². The van der Waals surface area contributed by atoms with Gasteiger partial charge in [-0.2, -0.15) is 0 Å². The van der Waals surface area contributed by atoms with Crippen LogP contribution in [0.2, 0.25) is 0 Å². The van der Waals surface area contributed by atoms with E-state index >= 15 is 0 Å². The third kappa shape index (κ3) is 5.91. The molecule has 0 atom stereocenters. The third-order valence-electron chi connectivity index (χ3n) is 10.5. The van der Waals surface area contributed by atoms with Crippen LogP contribution in [0.4, 0.5) is 17.1 Å². The molecule has 1 heterocycles. The van der Waals surface area contributed by atoms with Crippen LogP contribution in [0, 0.1) is 0 Å². The normalized spacial score (nSPS) is 13.5. The summed E-state index contributed by atoms with van der Waals surface area (Å²) in [5, 5.41) is 2.66. The highest BCUT2D eigenvalue weighted by Gasteiger charge is 2.19. The summed E-state index contributed by atoms with van der Waals surface area (Å²) in [6, 6.07) is 62.7. The molecule has 1 fully saturated rings. The van der Waals surface area contributed by atoms with Crippen molar-refractivity contribution >= 4 is 48.6 Å². The number of fused-ring (bicyclic) bond motifs is 3. The largest absolute Gasteiger partial charge is 0.310 e. The van der Waals surface area contributed by atoms with Gasteiger partial charge >= 0.3 is 0 Å². The minimum atomic E-state index is 0.686. The Labute approximate surface area is 299 Å². The van der Waals surface area contributed by atoms with E-state index < -0.39 is 0 Å². The lowest BCUT2D eigenvalue weighted by Crippen LogP contribution is -2.10. The highest BCUT2D eigenvalue weighted by Crippen LogP contribution is 2.43. The van der Waals surface area contributed by atoms with Crippen molar-refractivity contribution in [3.05, 3.63) is 175 Å². The standard InChI is InChI=1S/C48H39NS/c1-4-12-34(13-5-1)36-20-25-40(26-21-36)49(42-29-31-45-44-18-10-11-19-47(44)50-48(45)33-42)41-27-22-38(23-28-41)46-32-39(35-14-6-2-7-15-35)24-30-43(46)37-16-8-3-9-17-37/h2-3,6-11,14-34H,1,4-5,12-13H2. The molecule has 0 radical (unpaired) electrons. The van der Waals surface area contributed by atoms with Crippen molar-refractivity contribution in [1.29, 1.82) is 0 Å². The van der Waals surface area contributed by atoms with E-state index in [4.69, 9.17) is 0 Å². The van der Waals surface area contributed by atoms with Crippen LogP contribution in [-0.2, 0) is 0 Å². The Morgan fingerprint density at radius 3 is 1.72 bits per heavy atom. The molecule has 2 heteroatoms. The molecule has 0 N–H and O–H groups in total. The first kappa shape index (κ1) is 30.6. The predicted octanol–water partition coefficient (Wildman–Crippen LogP) is 14.6. The molecule has 0 unspecified atom stereocenters. The zero-order valence-electron chi connectivity index (χ0n) is 28.1. The Bertz CT molecular complexity index is 2380. The molecule has 0 amide bonds. The SMILES string of the molecule is c1ccc(-c2ccc(-c3ccccc3)c(-c3ccc(N(c4ccc(C5CCCCC5)cc4)c4ccc5c(c4)sc4ccccc45)cc3)c2)cc1. The second-order valence-electron chi connectivity index (χ2n) is 13.6. The minimum absolute atomic E-state index is 0.686. The summed E-state index contributed by atoms with van der Waals surface area (Å²) < 4.78 is 2.65. The minimum Gasteiger partial charge on any atom is -0.310 e. The van der Waals surface area contributed by atoms with Crippen molar-refractivity contribution in [2.75, 3.05) is 4.90 Å². The van der Waals surface area contributed by atoms with Gasteiger partial charge in [-0.1, -0.05) is 141 Å². The second-order valence-corrected chi connectivity index (χ2v) is 14.7. The first-order chi connectivity index (χ1) is 24.8. The van der Waals surface area contributed by atoms with Gasteiger partial charge < -0.3 is 4.90 Å². The molecule has 1 nitrogen and oxygen atoms in total. The summed E-state index contributed by atoms with van der Waals surface area (Å²) in [5.41, 5.74) is 12.4. The van der Waals surface area contributed by atoms with Crippen molar-refractivity contribution in [3.8, 4) is 33.4 Å². The molecule has 0 spiro atoms. The summed E-state index contributed by atoms with van der Waals surface area (Å²) in [4.78, 5) is 2.43. The van der Waals surface area contributed by atoms with Gasteiger partial charge in [0.1, 0.15) is 0 Å². The first-order valence-corrected chi connectivity index (χ1v) is 18.8. The molecular formula is C48H39NS. The molecule has 7 aromatic carbocycles. The van der Waals surface area contributed by atoms with E-state index in [1.54, 1.807) is 0 Å². The fraction of sp³-hybridized carbons (Fsp3) is 0.125. The maximum absolute atomic E-state index is 2.43. The molecule has 1 aliphatic carbocycles. The van der Waals surface area contributed by atoms with Crippen LogP contribution in [-0.4, -0.2) is 0 Å². The molecule has 1 saturated carbocycles. The summed E-state index contributed by atoms with van der Waals surface area (Å²) in [6.07, 6.45) is 6.69. The zero-order valence-corrected chi connectivity index (χ0v) is 29.0. The Balaban J connectivity index is 1.14. The lowest BCUT2D eigenvalue weighted by Gasteiger charge is -2.27. The number of benzene rings is 7. The van der Waals surface area contributed by atoms with E-state index in [1.165, 1.54) is 103 Å². The number of nitrogens with zero attached hydrogens (tertiary/aromatic N) is 1. The van der Waals surface area contributed by atoms with Crippen LogP contribution in [0.15, 0.2) is 170 Å². The molecule has 0 aliphatic heterocycles. The zero-order chi connectivity index (χ0) is 33.3. The van der Waals surface area contributed by atoms with Crippen molar-refractivity contribution in [3.63, 3.8) is 0 Å². The molecule has 0 bridgehead atoms. The van der Waals surface area contributed by atoms with Crippen molar-refractivity contribution in [2.45, 2.75) is 38.0 Å². The fourth-order valence-electron chi connectivity index (χ4n) is 7.89. The Morgan fingerprint density at radius 1 is 0.400 bits per heavy atom. The number of hydrogen-bond donors (Lipinski definition) is 0. The summed E-state index contributed by atoms with van der Waals surface area (Å²) in [6.45, 7) is 0. The molecule has 0 saturated heterocycles. The van der Waals surface area contributed by atoms with Gasteiger partial charge in [-0.25, -0.2) is 0 Å². The van der Waals surface area contributed by atoms with E-state index in [0.717, 1.165) is 5.69 Å². The van der Waals surface area contributed by atoms with Crippen molar-refractivity contribution in [2.24, 2.45) is 0 Å². The van der Waals surface area contributed by atoms with Gasteiger partial charge in [0, 0.05) is 37.2 Å². The van der Waals surface area contributed by atoms with Gasteiger partial charge in [0.05, 0.1) is 0 Å². The molecule has 1 aromatic heterocycles. The smallest absolute Gasteiger partial charge is 0.0476 e. The highest BCUT2D eigenvalue weighted by molar-refractivity contribution is 7.25. The van der Waals surface area contributed by atoms with Gasteiger partial charge in [-0.05, 0) is 106 Å². The van der Waals surface area contributed by atoms with E-state index in [9.17, 15) is 0 Å². The van der Waals surface area contributed by atoms with E-state index in [1.807, 2.05) is 11.3 Å². The molecule has 242 valence electrons. The quantitative estimate of drug-likeness (QED) is 0.164. The molecule has 1 aliphatic rings. The molecule has 8 aromatic rings. The third-order valence-corrected chi connectivity index (χ3v) is 11.6. The Kier molecular flexibility index (Phi) is 8.24. The summed E-state index contributed by atoms with van der Waals surface area (Å²) in [7, 11) is 0. The average Bonchev–Trinajstić information content (AvgIpc) is 3.57. The van der Waals surface area contributed by atoms with Crippen molar-refractivity contribution < 1.29 is 0 Å². The van der Waals surface area contributed by atoms with E-state index in [0.29, 0.717) is 5.92 Å². The summed E-state index contributed by atoms with van der Waals surface area (Å²) in [5.74, 6) is 0.686. The van der Waals surface area contributed by atoms with Crippen LogP contribution < -0.4 is 4.90 Å². The fourth-order valence-corrected chi connectivity index (χ4v) is 9.02. The van der Waals surface area contributed by atoms with Gasteiger partial charge in [0.2, 0.25) is 0 Å². The van der Waals surface area contributed by atoms with Crippen molar-refractivity contribution in [1.82, 2.24) is 0 Å². The lowest BCUT2D eigenvalue weighted by molar-refractivity contribution is 0.443. The molecule has 50 heavy (non-hydrogen) atoms. The second kappa shape index (κ2) is 13.5. The number of anilines is 3. The van der Waals surface area contributed by atoms with Crippen LogP contribution >= 0.6 is 11.3 Å². The van der Waals surface area contributed by atoms with Gasteiger partial charge in [0.25, 0.3) is 0 Å². The molecular weight excluding hydrogens is 623 g/mol. The monoisotopic (exact) mass is 661 g/mol. The van der Waals surface area contributed by atoms with Gasteiger partial charge in [-0.15, -0.1) is 11.3 Å². The van der Waals surface area contributed by atoms with Crippen LogP contribution in [0.25, 0.3) is 53.6 Å². The Morgan fingerprint density at radius 2 is 0.980 bits per heavy atom. The van der Waals surface area contributed by atoms with E-state index in [2.05, 4.69) is 175 Å². The maximum Gasteiger partial charge on any atom is 0.0476 e. The maximum atomic E-state index is 2.43. The number of rotatable bonds is 7. The average molecular weight is 662 g/mol. The number of thiophene rings is 1. The first-order valence-electron chi connectivity index (χ1n) is 18.0. The van der Waals surface area contributed by atoms with Crippen LogP contribution in [0.5, 0.6) is 0 Å². The lowest BCUT2D eigenvalue weighted by atomic mass is 9.84. The number of hydrogen-bond acceptors (Lipinski definition) is 2. The van der Waals surface area contributed by atoms with Crippen LogP contribution in [0.3, 0.4) is 0 Å². The molecule has 9 rings (SSSR count). The predicted molar refractivity (Wildman–Crippen MR) is 216 cm³/mol. The Hall–Kier alpha value is -5.44. The highest BCUT2D eigenvalue weighted by atomic mass is 32.1. The van der Waals surface area contributed by atoms with Gasteiger partial charge in [0.15, 0.2) is 0 Å². The summed E-state index contributed by atoms with van der Waals surface area (Å²) >= 11 is 1.88. The topological polar surface area (TPSA) is 3.24 Å².